The van der Waals surface area contributed by atoms with Crippen LogP contribution in [0, 0.1) is 15.9 Å². The van der Waals surface area contributed by atoms with Gasteiger partial charge < -0.3 is 10.6 Å². The molecule has 1 heterocycles. The number of benzene rings is 1. The van der Waals surface area contributed by atoms with Crippen LogP contribution in [0.15, 0.2) is 18.2 Å². The standard InChI is InChI=1S/C12H14FN3O3/c13-9-5-4-8(7-11(9)16(18)19)15-12(17)10-3-1-2-6-14-10/h4-5,7,10,14H,1-3,6H2,(H,15,17). The molecule has 1 aliphatic rings. The van der Waals surface area contributed by atoms with E-state index in [1.165, 1.54) is 6.07 Å². The van der Waals surface area contributed by atoms with Gasteiger partial charge in [0, 0.05) is 11.8 Å². The number of nitro groups is 1. The SMILES string of the molecule is O=C(Nc1ccc(F)c([N+](=O)[O-])c1)C1CCCCN1. The lowest BCUT2D eigenvalue weighted by Crippen LogP contribution is -2.43. The molecule has 1 unspecified atom stereocenters. The van der Waals surface area contributed by atoms with E-state index in [9.17, 15) is 19.3 Å². The van der Waals surface area contributed by atoms with E-state index in [-0.39, 0.29) is 17.6 Å². The molecule has 1 saturated heterocycles. The van der Waals surface area contributed by atoms with Crippen LogP contribution in [0.1, 0.15) is 19.3 Å². The predicted molar refractivity (Wildman–Crippen MR) is 67.3 cm³/mol. The largest absolute Gasteiger partial charge is 0.324 e. The van der Waals surface area contributed by atoms with Crippen LogP contribution < -0.4 is 10.6 Å². The average Bonchev–Trinajstić information content (AvgIpc) is 2.41. The minimum Gasteiger partial charge on any atom is -0.324 e. The fourth-order valence-corrected chi connectivity index (χ4v) is 2.04. The normalized spacial score (nSPS) is 18.9. The van der Waals surface area contributed by atoms with E-state index >= 15 is 0 Å². The van der Waals surface area contributed by atoms with Crippen molar-refractivity contribution in [2.45, 2.75) is 25.3 Å². The molecule has 1 amide bonds. The van der Waals surface area contributed by atoms with Crippen LogP contribution in [0.5, 0.6) is 0 Å². The molecule has 0 bridgehead atoms. The number of rotatable bonds is 3. The highest BCUT2D eigenvalue weighted by Crippen LogP contribution is 2.22. The van der Waals surface area contributed by atoms with Gasteiger partial charge in [-0.2, -0.15) is 4.39 Å². The Labute approximate surface area is 109 Å². The van der Waals surface area contributed by atoms with Crippen molar-refractivity contribution in [2.75, 3.05) is 11.9 Å². The number of hydrogen-bond donors (Lipinski definition) is 2. The van der Waals surface area contributed by atoms with Gasteiger partial charge in [0.05, 0.1) is 11.0 Å². The Balaban J connectivity index is 2.08. The van der Waals surface area contributed by atoms with Crippen LogP contribution in [-0.4, -0.2) is 23.4 Å². The van der Waals surface area contributed by atoms with Crippen LogP contribution in [0.4, 0.5) is 15.8 Å². The molecular formula is C12H14FN3O3. The van der Waals surface area contributed by atoms with Crippen LogP contribution >= 0.6 is 0 Å². The van der Waals surface area contributed by atoms with Gasteiger partial charge in [-0.3, -0.25) is 14.9 Å². The minimum atomic E-state index is -0.918. The summed E-state index contributed by atoms with van der Waals surface area (Å²) in [4.78, 5) is 21.7. The maximum Gasteiger partial charge on any atom is 0.306 e. The predicted octanol–water partition coefficient (Wildman–Crippen LogP) is 1.81. The van der Waals surface area contributed by atoms with Crippen molar-refractivity contribution in [3.8, 4) is 0 Å². The number of nitro benzene ring substituents is 1. The van der Waals surface area contributed by atoms with E-state index in [0.29, 0.717) is 0 Å². The molecule has 1 aromatic carbocycles. The number of anilines is 1. The highest BCUT2D eigenvalue weighted by Gasteiger charge is 2.21. The van der Waals surface area contributed by atoms with E-state index in [0.717, 1.165) is 37.9 Å². The van der Waals surface area contributed by atoms with Gasteiger partial charge in [-0.15, -0.1) is 0 Å². The van der Waals surface area contributed by atoms with E-state index < -0.39 is 16.4 Å². The van der Waals surface area contributed by atoms with Gasteiger partial charge >= 0.3 is 5.69 Å². The van der Waals surface area contributed by atoms with Crippen molar-refractivity contribution in [1.29, 1.82) is 0 Å². The third kappa shape index (κ3) is 3.25. The lowest BCUT2D eigenvalue weighted by molar-refractivity contribution is -0.387. The maximum absolute atomic E-state index is 13.1. The zero-order valence-corrected chi connectivity index (χ0v) is 10.2. The fraction of sp³-hybridized carbons (Fsp3) is 0.417. The molecular weight excluding hydrogens is 253 g/mol. The van der Waals surface area contributed by atoms with Gasteiger partial charge in [0.15, 0.2) is 0 Å². The Kier molecular flexibility index (Phi) is 4.06. The lowest BCUT2D eigenvalue weighted by atomic mass is 10.0. The molecule has 0 aliphatic carbocycles. The molecule has 2 rings (SSSR count). The van der Waals surface area contributed by atoms with Crippen molar-refractivity contribution in [1.82, 2.24) is 5.32 Å². The first kappa shape index (κ1) is 13.4. The van der Waals surface area contributed by atoms with Gasteiger partial charge in [0.1, 0.15) is 0 Å². The van der Waals surface area contributed by atoms with Crippen LogP contribution in [0.2, 0.25) is 0 Å². The molecule has 2 N–H and O–H groups in total. The number of carbonyl (C=O) groups is 1. The molecule has 1 atom stereocenters. The summed E-state index contributed by atoms with van der Waals surface area (Å²) < 4.78 is 13.1. The van der Waals surface area contributed by atoms with Crippen LogP contribution in [0.25, 0.3) is 0 Å². The van der Waals surface area contributed by atoms with Gasteiger partial charge in [0.25, 0.3) is 0 Å². The first-order valence-electron chi connectivity index (χ1n) is 6.06. The zero-order chi connectivity index (χ0) is 13.8. The maximum atomic E-state index is 13.1. The molecule has 1 aromatic rings. The topological polar surface area (TPSA) is 84.3 Å². The smallest absolute Gasteiger partial charge is 0.306 e. The summed E-state index contributed by atoms with van der Waals surface area (Å²) in [5, 5.41) is 16.2. The summed E-state index contributed by atoms with van der Waals surface area (Å²) >= 11 is 0. The minimum absolute atomic E-state index is 0.227. The second-order valence-electron chi connectivity index (χ2n) is 4.42. The Morgan fingerprint density at radius 3 is 2.89 bits per heavy atom. The summed E-state index contributed by atoms with van der Waals surface area (Å²) in [6, 6.07) is 3.01. The Morgan fingerprint density at radius 1 is 1.47 bits per heavy atom. The monoisotopic (exact) mass is 267 g/mol. The fourth-order valence-electron chi connectivity index (χ4n) is 2.04. The van der Waals surface area contributed by atoms with Gasteiger partial charge in [-0.1, -0.05) is 6.42 Å². The molecule has 0 radical (unpaired) electrons. The zero-order valence-electron chi connectivity index (χ0n) is 10.2. The van der Waals surface area contributed by atoms with Gasteiger partial charge in [0.2, 0.25) is 11.7 Å². The summed E-state index contributed by atoms with van der Waals surface area (Å²) in [6.45, 7) is 0.779. The molecule has 102 valence electrons. The number of nitrogens with zero attached hydrogens (tertiary/aromatic N) is 1. The number of amides is 1. The lowest BCUT2D eigenvalue weighted by Gasteiger charge is -2.22. The first-order valence-corrected chi connectivity index (χ1v) is 6.06. The number of halogens is 1. The summed E-state index contributed by atoms with van der Waals surface area (Å²) in [5.41, 5.74) is -0.417. The molecule has 1 fully saturated rings. The van der Waals surface area contributed by atoms with Crippen LogP contribution in [0.3, 0.4) is 0 Å². The quantitative estimate of drug-likeness (QED) is 0.646. The van der Waals surface area contributed by atoms with Crippen molar-refractivity contribution >= 4 is 17.3 Å². The molecule has 0 saturated carbocycles. The molecule has 19 heavy (non-hydrogen) atoms. The van der Waals surface area contributed by atoms with Gasteiger partial charge in [-0.25, -0.2) is 0 Å². The Hall–Kier alpha value is -2.02. The Bertz CT molecular complexity index is 501. The highest BCUT2D eigenvalue weighted by atomic mass is 19.1. The van der Waals surface area contributed by atoms with Crippen LogP contribution in [-0.2, 0) is 4.79 Å². The molecule has 6 nitrogen and oxygen atoms in total. The van der Waals surface area contributed by atoms with Gasteiger partial charge in [-0.05, 0) is 31.5 Å². The number of hydrogen-bond acceptors (Lipinski definition) is 4. The van der Waals surface area contributed by atoms with E-state index in [1.54, 1.807) is 0 Å². The van der Waals surface area contributed by atoms with Crippen molar-refractivity contribution in [3.05, 3.63) is 34.1 Å². The summed E-state index contributed by atoms with van der Waals surface area (Å²) in [5.74, 6) is -1.17. The average molecular weight is 267 g/mol. The summed E-state index contributed by atoms with van der Waals surface area (Å²) in [7, 11) is 0. The molecule has 0 spiro atoms. The van der Waals surface area contributed by atoms with Crippen molar-refractivity contribution in [2.24, 2.45) is 0 Å². The second-order valence-corrected chi connectivity index (χ2v) is 4.42. The third-order valence-electron chi connectivity index (χ3n) is 3.04. The van der Waals surface area contributed by atoms with E-state index in [4.69, 9.17) is 0 Å². The number of piperidine rings is 1. The van der Waals surface area contributed by atoms with Crippen molar-refractivity contribution in [3.63, 3.8) is 0 Å². The molecule has 7 heteroatoms. The third-order valence-corrected chi connectivity index (χ3v) is 3.04. The van der Waals surface area contributed by atoms with E-state index in [2.05, 4.69) is 10.6 Å². The molecule has 0 aromatic heterocycles. The number of carbonyl (C=O) groups excluding carboxylic acids is 1. The second kappa shape index (κ2) is 5.75. The van der Waals surface area contributed by atoms with Crippen molar-refractivity contribution < 1.29 is 14.1 Å². The van der Waals surface area contributed by atoms with E-state index in [1.807, 2.05) is 0 Å². The summed E-state index contributed by atoms with van der Waals surface area (Å²) in [6.07, 6.45) is 2.73. The molecule has 1 aliphatic heterocycles. The Morgan fingerprint density at radius 2 is 2.26 bits per heavy atom. The number of nitrogens with one attached hydrogen (secondary N) is 2. The highest BCUT2D eigenvalue weighted by molar-refractivity contribution is 5.95. The first-order chi connectivity index (χ1) is 9.08.